The fourth-order valence-electron chi connectivity index (χ4n) is 2.45. The normalized spacial score (nSPS) is 10.8. The summed E-state index contributed by atoms with van der Waals surface area (Å²) in [6.45, 7) is 0.208. The van der Waals surface area contributed by atoms with E-state index in [-0.39, 0.29) is 12.3 Å². The summed E-state index contributed by atoms with van der Waals surface area (Å²) in [5.41, 5.74) is 2.11. The molecule has 122 valence electrons. The molecule has 24 heavy (non-hydrogen) atoms. The number of hydrogen-bond acceptors (Lipinski definition) is 4. The van der Waals surface area contributed by atoms with E-state index in [4.69, 9.17) is 11.6 Å². The number of benzene rings is 2. The zero-order valence-electron chi connectivity index (χ0n) is 12.6. The van der Waals surface area contributed by atoms with Gasteiger partial charge in [0.15, 0.2) is 0 Å². The van der Waals surface area contributed by atoms with Crippen molar-refractivity contribution in [3.8, 4) is 11.4 Å². The molecule has 1 N–H and O–H groups in total. The number of halogens is 1. The van der Waals surface area contributed by atoms with E-state index in [2.05, 4.69) is 4.98 Å². The molecule has 0 radical (unpaired) electrons. The number of rotatable bonds is 5. The van der Waals surface area contributed by atoms with Gasteiger partial charge in [-0.1, -0.05) is 41.9 Å². The molecular formula is C17H14ClN3O3. The molecule has 0 unspecified atom stereocenters. The maximum atomic E-state index is 10.8. The highest BCUT2D eigenvalue weighted by atomic mass is 35.5. The van der Waals surface area contributed by atoms with Gasteiger partial charge in [0.05, 0.1) is 18.1 Å². The van der Waals surface area contributed by atoms with Gasteiger partial charge in [0.25, 0.3) is 5.69 Å². The first-order valence-electron chi connectivity index (χ1n) is 7.24. The Kier molecular flexibility index (Phi) is 4.59. The average molecular weight is 344 g/mol. The molecule has 3 aromatic rings. The Morgan fingerprint density at radius 3 is 2.38 bits per heavy atom. The zero-order chi connectivity index (χ0) is 17.1. The van der Waals surface area contributed by atoms with Crippen molar-refractivity contribution in [1.82, 2.24) is 9.55 Å². The summed E-state index contributed by atoms with van der Waals surface area (Å²) in [4.78, 5) is 14.7. The van der Waals surface area contributed by atoms with Crippen LogP contribution in [-0.4, -0.2) is 19.6 Å². The van der Waals surface area contributed by atoms with Crippen molar-refractivity contribution >= 4 is 17.3 Å². The molecule has 0 spiro atoms. The van der Waals surface area contributed by atoms with E-state index in [1.165, 1.54) is 12.1 Å². The number of imidazole rings is 1. The minimum absolute atomic E-state index is 0.00777. The van der Waals surface area contributed by atoms with Crippen LogP contribution in [-0.2, 0) is 13.2 Å². The Morgan fingerprint density at radius 1 is 1.12 bits per heavy atom. The summed E-state index contributed by atoms with van der Waals surface area (Å²) in [5.74, 6) is 0.558. The number of aliphatic hydroxyl groups excluding tert-OH is 1. The minimum atomic E-state index is -0.452. The smallest absolute Gasteiger partial charge is 0.269 e. The number of aromatic nitrogens is 2. The highest BCUT2D eigenvalue weighted by molar-refractivity contribution is 6.30. The molecule has 0 amide bonds. The predicted molar refractivity (Wildman–Crippen MR) is 90.8 cm³/mol. The molecule has 6 nitrogen and oxygen atoms in total. The maximum Gasteiger partial charge on any atom is 0.269 e. The van der Waals surface area contributed by atoms with Gasteiger partial charge >= 0.3 is 0 Å². The summed E-state index contributed by atoms with van der Waals surface area (Å²) >= 11 is 6.34. The summed E-state index contributed by atoms with van der Waals surface area (Å²) in [6.07, 6.45) is 0. The van der Waals surface area contributed by atoms with E-state index in [0.717, 1.165) is 5.56 Å². The SMILES string of the molecule is O=[N+]([O-])c1ccc(-c2nc(CO)c(Cl)n2Cc2ccccc2)cc1. The topological polar surface area (TPSA) is 81.2 Å². The van der Waals surface area contributed by atoms with Gasteiger partial charge in [-0.3, -0.25) is 10.1 Å². The minimum Gasteiger partial charge on any atom is -0.390 e. The summed E-state index contributed by atoms with van der Waals surface area (Å²) < 4.78 is 1.78. The third kappa shape index (κ3) is 3.15. The number of nitrogens with zero attached hydrogens (tertiary/aromatic N) is 3. The van der Waals surface area contributed by atoms with Gasteiger partial charge in [0.2, 0.25) is 0 Å². The van der Waals surface area contributed by atoms with E-state index in [0.29, 0.717) is 28.8 Å². The third-order valence-electron chi connectivity index (χ3n) is 3.64. The van der Waals surface area contributed by atoms with Crippen LogP contribution in [0.1, 0.15) is 11.3 Å². The highest BCUT2D eigenvalue weighted by Crippen LogP contribution is 2.28. The molecule has 0 saturated carbocycles. The Balaban J connectivity index is 2.05. The quantitative estimate of drug-likeness (QED) is 0.566. The van der Waals surface area contributed by atoms with Gasteiger partial charge in [-0.25, -0.2) is 4.98 Å². The molecule has 1 aromatic heterocycles. The van der Waals surface area contributed by atoms with Crippen molar-refractivity contribution in [1.29, 1.82) is 0 Å². The summed E-state index contributed by atoms with van der Waals surface area (Å²) in [7, 11) is 0. The first kappa shape index (κ1) is 16.2. The Hall–Kier alpha value is -2.70. The van der Waals surface area contributed by atoms with Crippen molar-refractivity contribution in [2.45, 2.75) is 13.2 Å². The van der Waals surface area contributed by atoms with Gasteiger partial charge in [0.1, 0.15) is 16.7 Å². The van der Waals surface area contributed by atoms with Crippen LogP contribution in [0.5, 0.6) is 0 Å². The number of nitro benzene ring substituents is 1. The van der Waals surface area contributed by atoms with Gasteiger partial charge in [-0.05, 0) is 17.7 Å². The molecule has 7 heteroatoms. The van der Waals surface area contributed by atoms with Crippen LogP contribution in [0.15, 0.2) is 54.6 Å². The Bertz CT molecular complexity index is 861. The number of nitro groups is 1. The molecule has 3 rings (SSSR count). The lowest BCUT2D eigenvalue weighted by molar-refractivity contribution is -0.384. The van der Waals surface area contributed by atoms with Crippen molar-refractivity contribution < 1.29 is 10.0 Å². The lowest BCUT2D eigenvalue weighted by atomic mass is 10.2. The molecule has 0 aliphatic rings. The molecule has 0 aliphatic carbocycles. The first-order chi connectivity index (χ1) is 11.6. The monoisotopic (exact) mass is 343 g/mol. The highest BCUT2D eigenvalue weighted by Gasteiger charge is 2.17. The number of aliphatic hydroxyl groups is 1. The first-order valence-corrected chi connectivity index (χ1v) is 7.62. The summed E-state index contributed by atoms with van der Waals surface area (Å²) in [5, 5.41) is 20.6. The van der Waals surface area contributed by atoms with Crippen LogP contribution in [0.4, 0.5) is 5.69 Å². The molecule has 0 fully saturated rings. The van der Waals surface area contributed by atoms with Crippen molar-refractivity contribution in [2.24, 2.45) is 0 Å². The van der Waals surface area contributed by atoms with E-state index in [9.17, 15) is 15.2 Å². The second-order valence-electron chi connectivity index (χ2n) is 5.21. The van der Waals surface area contributed by atoms with Crippen LogP contribution >= 0.6 is 11.6 Å². The molecule has 1 heterocycles. The largest absolute Gasteiger partial charge is 0.390 e. The molecule has 2 aromatic carbocycles. The average Bonchev–Trinajstić information content (AvgIpc) is 2.92. The fraction of sp³-hybridized carbons (Fsp3) is 0.118. The van der Waals surface area contributed by atoms with E-state index in [1.54, 1.807) is 16.7 Å². The maximum absolute atomic E-state index is 10.8. The molecular weight excluding hydrogens is 330 g/mol. The van der Waals surface area contributed by atoms with Gasteiger partial charge < -0.3 is 9.67 Å². The van der Waals surface area contributed by atoms with Gasteiger partial charge in [-0.2, -0.15) is 0 Å². The Labute approximate surface area is 143 Å². The number of hydrogen-bond donors (Lipinski definition) is 1. The van der Waals surface area contributed by atoms with E-state index >= 15 is 0 Å². The van der Waals surface area contributed by atoms with Crippen molar-refractivity contribution in [3.63, 3.8) is 0 Å². The van der Waals surface area contributed by atoms with Crippen LogP contribution in [0.2, 0.25) is 5.15 Å². The molecule has 0 bridgehead atoms. The van der Waals surface area contributed by atoms with Crippen molar-refractivity contribution in [2.75, 3.05) is 0 Å². The number of non-ortho nitro benzene ring substituents is 1. The second kappa shape index (κ2) is 6.82. The fourth-order valence-corrected chi connectivity index (χ4v) is 2.69. The van der Waals surface area contributed by atoms with Crippen LogP contribution in [0, 0.1) is 10.1 Å². The van der Waals surface area contributed by atoms with Gasteiger partial charge in [0, 0.05) is 17.7 Å². The molecule has 0 aliphatic heterocycles. The van der Waals surface area contributed by atoms with Crippen molar-refractivity contribution in [3.05, 3.63) is 81.1 Å². The second-order valence-corrected chi connectivity index (χ2v) is 5.56. The van der Waals surface area contributed by atoms with Crippen LogP contribution in [0.3, 0.4) is 0 Å². The van der Waals surface area contributed by atoms with Crippen LogP contribution in [0.25, 0.3) is 11.4 Å². The standard InChI is InChI=1S/C17H14ClN3O3/c18-16-15(11-22)19-17(13-6-8-14(9-7-13)21(23)24)20(16)10-12-4-2-1-3-5-12/h1-9,22H,10-11H2. The molecule has 0 saturated heterocycles. The van der Waals surface area contributed by atoms with E-state index in [1.807, 2.05) is 30.3 Å². The lowest BCUT2D eigenvalue weighted by Crippen LogP contribution is -2.02. The van der Waals surface area contributed by atoms with Gasteiger partial charge in [-0.15, -0.1) is 0 Å². The predicted octanol–water partition coefficient (Wildman–Crippen LogP) is 3.65. The molecule has 0 atom stereocenters. The zero-order valence-corrected chi connectivity index (χ0v) is 13.3. The van der Waals surface area contributed by atoms with Crippen LogP contribution < -0.4 is 0 Å². The third-order valence-corrected chi connectivity index (χ3v) is 4.06. The Morgan fingerprint density at radius 2 is 1.79 bits per heavy atom. The summed E-state index contributed by atoms with van der Waals surface area (Å²) in [6, 6.07) is 15.8. The lowest BCUT2D eigenvalue weighted by Gasteiger charge is -2.09. The van der Waals surface area contributed by atoms with E-state index < -0.39 is 4.92 Å².